The molecule has 5 rings (SSSR count). The summed E-state index contributed by atoms with van der Waals surface area (Å²) < 4.78 is 31.9. The van der Waals surface area contributed by atoms with Gasteiger partial charge in [-0.1, -0.05) is 11.3 Å². The van der Waals surface area contributed by atoms with E-state index in [9.17, 15) is 33.1 Å². The number of thiazole rings is 1. The van der Waals surface area contributed by atoms with E-state index in [4.69, 9.17) is 0 Å². The summed E-state index contributed by atoms with van der Waals surface area (Å²) in [6.45, 7) is 0. The van der Waals surface area contributed by atoms with Crippen LogP contribution in [-0.2, 0) is 13.5 Å². The Morgan fingerprint density at radius 1 is 1.15 bits per heavy atom. The molecule has 1 aliphatic carbocycles. The van der Waals surface area contributed by atoms with E-state index in [0.717, 1.165) is 38.8 Å². The lowest BCUT2D eigenvalue weighted by atomic mass is 10.1. The monoisotopic (exact) mass is 471 g/mol. The fourth-order valence-corrected chi connectivity index (χ4v) is 5.25. The minimum absolute atomic E-state index is 0.132. The van der Waals surface area contributed by atoms with E-state index in [-0.39, 0.29) is 34.5 Å². The van der Waals surface area contributed by atoms with Gasteiger partial charge in [0.05, 0.1) is 21.9 Å². The van der Waals surface area contributed by atoms with Gasteiger partial charge in [0.15, 0.2) is 0 Å². The first kappa shape index (κ1) is 21.0. The summed E-state index contributed by atoms with van der Waals surface area (Å²) in [6.07, 6.45) is 1.23. The van der Waals surface area contributed by atoms with Crippen molar-refractivity contribution in [3.05, 3.63) is 95.4 Å². The second kappa shape index (κ2) is 7.34. The van der Waals surface area contributed by atoms with E-state index < -0.39 is 40.5 Å². The smallest absolute Gasteiger partial charge is 0.342 e. The fraction of sp³-hybridized carbons (Fsp3) is 0.182. The first-order chi connectivity index (χ1) is 15.7. The van der Waals surface area contributed by atoms with Gasteiger partial charge in [-0.25, -0.2) is 18.4 Å². The van der Waals surface area contributed by atoms with Crippen molar-refractivity contribution in [2.45, 2.75) is 18.9 Å². The third kappa shape index (κ3) is 3.15. The van der Waals surface area contributed by atoms with Gasteiger partial charge in [-0.15, -0.1) is 0 Å². The maximum atomic E-state index is 14.2. The van der Waals surface area contributed by atoms with Crippen LogP contribution in [0.2, 0.25) is 0 Å². The number of aromatic carboxylic acids is 1. The number of rotatable bonds is 3. The summed E-state index contributed by atoms with van der Waals surface area (Å²) in [7, 11) is 1.60. The Morgan fingerprint density at radius 3 is 2.64 bits per heavy atom. The van der Waals surface area contributed by atoms with Gasteiger partial charge in [-0.3, -0.25) is 18.7 Å². The lowest BCUT2D eigenvalue weighted by Crippen LogP contribution is -2.43. The second-order valence-corrected chi connectivity index (χ2v) is 8.76. The molecule has 0 saturated heterocycles. The maximum absolute atomic E-state index is 14.2. The summed E-state index contributed by atoms with van der Waals surface area (Å²) in [5.41, 5.74) is -1.38. The molecule has 2 heterocycles. The van der Waals surface area contributed by atoms with E-state index in [1.807, 2.05) is 0 Å². The summed E-state index contributed by atoms with van der Waals surface area (Å²) in [5.74, 6) is -3.18. The predicted octanol–water partition coefficient (Wildman–Crippen LogP) is 2.42. The summed E-state index contributed by atoms with van der Waals surface area (Å²) >= 11 is 0.954. The number of hydrogen-bond acceptors (Lipinski definition) is 5. The van der Waals surface area contributed by atoms with Gasteiger partial charge in [-0.05, 0) is 48.2 Å². The van der Waals surface area contributed by atoms with E-state index in [2.05, 4.69) is 0 Å². The molecule has 1 unspecified atom stereocenters. The van der Waals surface area contributed by atoms with Gasteiger partial charge in [0.1, 0.15) is 17.2 Å². The Labute approximate surface area is 187 Å². The van der Waals surface area contributed by atoms with Crippen molar-refractivity contribution < 1.29 is 18.7 Å². The Kier molecular flexibility index (Phi) is 4.67. The summed E-state index contributed by atoms with van der Waals surface area (Å²) in [4.78, 5) is 50.0. The molecule has 0 radical (unpaired) electrons. The number of carboxylic acids is 1. The van der Waals surface area contributed by atoms with Crippen LogP contribution in [0.4, 0.5) is 8.78 Å². The van der Waals surface area contributed by atoms with E-state index in [1.165, 1.54) is 10.6 Å². The first-order valence-corrected chi connectivity index (χ1v) is 10.7. The number of aromatic nitrogens is 3. The predicted molar refractivity (Wildman–Crippen MR) is 117 cm³/mol. The van der Waals surface area contributed by atoms with Gasteiger partial charge in [0.25, 0.3) is 5.56 Å². The van der Waals surface area contributed by atoms with Crippen molar-refractivity contribution in [2.24, 2.45) is 7.05 Å². The maximum Gasteiger partial charge on any atom is 0.342 e. The number of hydrogen-bond donors (Lipinski definition) is 1. The molecule has 4 aromatic rings. The van der Waals surface area contributed by atoms with Gasteiger partial charge in [0, 0.05) is 19.3 Å². The molecular formula is C22H15F2N3O5S. The number of nitrogens with zero attached hydrogens (tertiary/aromatic N) is 3. The van der Waals surface area contributed by atoms with Crippen LogP contribution in [-0.4, -0.2) is 24.8 Å². The van der Waals surface area contributed by atoms with Crippen LogP contribution in [0, 0.1) is 11.6 Å². The molecular weight excluding hydrogens is 456 g/mol. The van der Waals surface area contributed by atoms with Crippen LogP contribution in [0.25, 0.3) is 15.9 Å². The van der Waals surface area contributed by atoms with Crippen molar-refractivity contribution >= 4 is 27.5 Å². The number of halogens is 2. The molecule has 2 aromatic heterocycles. The molecule has 0 fully saturated rings. The lowest BCUT2D eigenvalue weighted by molar-refractivity contribution is 0.0693. The second-order valence-electron chi connectivity index (χ2n) is 7.76. The van der Waals surface area contributed by atoms with E-state index in [1.54, 1.807) is 19.2 Å². The largest absolute Gasteiger partial charge is 0.477 e. The van der Waals surface area contributed by atoms with E-state index >= 15 is 0 Å². The Balaban J connectivity index is 1.79. The summed E-state index contributed by atoms with van der Waals surface area (Å²) in [5, 5.41) is 9.60. The highest BCUT2D eigenvalue weighted by Crippen LogP contribution is 2.35. The molecule has 2 aromatic carbocycles. The molecule has 168 valence electrons. The van der Waals surface area contributed by atoms with Crippen LogP contribution in [0.1, 0.15) is 33.9 Å². The zero-order valence-corrected chi connectivity index (χ0v) is 17.9. The van der Waals surface area contributed by atoms with Crippen LogP contribution < -0.4 is 16.1 Å². The average molecular weight is 471 g/mol. The first-order valence-electron chi connectivity index (χ1n) is 9.86. The highest BCUT2D eigenvalue weighted by Gasteiger charge is 2.31. The number of carbonyl (C=O) groups is 1. The summed E-state index contributed by atoms with van der Waals surface area (Å²) in [6, 6.07) is 5.46. The van der Waals surface area contributed by atoms with Gasteiger partial charge in [-0.2, -0.15) is 0 Å². The molecule has 1 atom stereocenters. The quantitative estimate of drug-likeness (QED) is 0.494. The van der Waals surface area contributed by atoms with Crippen LogP contribution in [0.15, 0.2) is 50.9 Å². The van der Waals surface area contributed by atoms with Crippen molar-refractivity contribution in [1.82, 2.24) is 13.7 Å². The van der Waals surface area contributed by atoms with Crippen LogP contribution in [0.5, 0.6) is 0 Å². The number of carboxylic acid groups (broad SMARTS) is 1. The van der Waals surface area contributed by atoms with Gasteiger partial charge >= 0.3 is 16.5 Å². The normalized spacial score (nSPS) is 15.2. The molecule has 1 N–H and O–H groups in total. The van der Waals surface area contributed by atoms with Crippen LogP contribution in [0.3, 0.4) is 0 Å². The van der Waals surface area contributed by atoms with E-state index in [0.29, 0.717) is 10.2 Å². The molecule has 11 heteroatoms. The number of benzene rings is 2. The van der Waals surface area contributed by atoms with Gasteiger partial charge < -0.3 is 9.67 Å². The number of fused-ring (bicyclic) bond motifs is 2. The van der Waals surface area contributed by atoms with Gasteiger partial charge in [0.2, 0.25) is 0 Å². The SMILES string of the molecule is Cn1c(=O)sc2cc(-n3cc(C(=O)O)c(=O)n(C4CCc5c(F)cc(F)cc54)c3=O)ccc21. The third-order valence-electron chi connectivity index (χ3n) is 5.94. The average Bonchev–Trinajstić information content (AvgIpc) is 3.29. The zero-order chi connectivity index (χ0) is 23.6. The molecule has 0 amide bonds. The highest BCUT2D eigenvalue weighted by atomic mass is 32.1. The third-order valence-corrected chi connectivity index (χ3v) is 6.93. The molecule has 8 nitrogen and oxygen atoms in total. The molecule has 33 heavy (non-hydrogen) atoms. The minimum atomic E-state index is -1.54. The van der Waals surface area contributed by atoms with Crippen molar-refractivity contribution in [3.63, 3.8) is 0 Å². The minimum Gasteiger partial charge on any atom is -0.477 e. The molecule has 1 aliphatic rings. The lowest BCUT2D eigenvalue weighted by Gasteiger charge is -2.18. The Hall–Kier alpha value is -3.86. The molecule has 0 bridgehead atoms. The van der Waals surface area contributed by atoms with Crippen molar-refractivity contribution in [1.29, 1.82) is 0 Å². The standard InChI is InChI=1S/C22H15F2N3O5S/c1-25-17-4-2-11(8-18(17)33-22(25)32)26-9-14(20(29)30)19(28)27(21(26)31)16-5-3-12-13(16)6-10(23)7-15(12)24/h2,4,6-9,16H,3,5H2,1H3,(H,29,30). The van der Waals surface area contributed by atoms with Crippen molar-refractivity contribution in [3.8, 4) is 5.69 Å². The zero-order valence-electron chi connectivity index (χ0n) is 17.0. The number of aryl methyl sites for hydroxylation is 1. The highest BCUT2D eigenvalue weighted by molar-refractivity contribution is 7.16. The molecule has 0 saturated carbocycles. The Morgan fingerprint density at radius 2 is 1.91 bits per heavy atom. The van der Waals surface area contributed by atoms with Crippen molar-refractivity contribution in [2.75, 3.05) is 0 Å². The fourth-order valence-electron chi connectivity index (χ4n) is 4.34. The topological polar surface area (TPSA) is 103 Å². The molecule has 0 aliphatic heterocycles. The Bertz CT molecular complexity index is 1660. The van der Waals surface area contributed by atoms with Crippen LogP contribution >= 0.6 is 11.3 Å². The molecule has 0 spiro atoms.